The molecule has 0 aromatic rings. The van der Waals surface area contributed by atoms with Crippen LogP contribution in [0.1, 0.15) is 92.4 Å². The number of rotatable bonds is 46. The predicted molar refractivity (Wildman–Crippen MR) is 368 cm³/mol. The van der Waals surface area contributed by atoms with Gasteiger partial charge in [0.15, 0.2) is 18.9 Å². The second kappa shape index (κ2) is 46.6. The monoisotopic (exact) mass is 1590 g/mol. The van der Waals surface area contributed by atoms with Gasteiger partial charge >= 0.3 is 6.80 Å². The molecular formula is C61H108N8O32P2S2. The number of amides is 8. The number of ether oxygens (including phenoxy) is 10. The molecule has 1 aliphatic carbocycles. The number of aliphatic hydroxyl groups is 9. The zero-order chi connectivity index (χ0) is 77.6. The van der Waals surface area contributed by atoms with Gasteiger partial charge in [-0.05, 0) is 38.5 Å². The third-order valence-electron chi connectivity index (χ3n) is 17.4. The van der Waals surface area contributed by atoms with Gasteiger partial charge in [0.1, 0.15) is 91.2 Å². The highest BCUT2D eigenvalue weighted by Crippen LogP contribution is 2.59. The minimum Gasteiger partial charge on any atom is -0.394 e. The smallest absolute Gasteiger partial charge is 0.386 e. The van der Waals surface area contributed by atoms with E-state index in [1.54, 1.807) is 13.8 Å². The SMILES string of the molecule is CC(=O)NC1C(OCCOCCNC(=O)CC[C@H](NC(=O)CC[C@H](NC(=O)[C@H]2CC[C@@H](OP(=O)(S)O[C@H]3CCOC3COP(=O)(S)C(C)C)CC2)C(=O)NCCOCCOC2OC(CO)C(O)C(O)C2NC(C)=O)C(=O)NCCOCCOC2OC(CO)C(O)C(O)C2NC(C)=O)OC(CO)C(O)C1O. The molecule has 4 heterocycles. The Hall–Kier alpha value is -3.96. The van der Waals surface area contributed by atoms with Crippen molar-refractivity contribution < 1.29 is 154 Å². The summed E-state index contributed by atoms with van der Waals surface area (Å²) in [6.45, 7) is -3.82. The van der Waals surface area contributed by atoms with E-state index in [1.165, 1.54) is 20.8 Å². The first-order valence-electron chi connectivity index (χ1n) is 34.8. The first kappa shape index (κ1) is 91.6. The van der Waals surface area contributed by atoms with Crippen LogP contribution in [0.15, 0.2) is 0 Å². The maximum atomic E-state index is 14.1. The third kappa shape index (κ3) is 31.0. The van der Waals surface area contributed by atoms with Gasteiger partial charge in [-0.1, -0.05) is 38.3 Å². The second-order valence-electron chi connectivity index (χ2n) is 25.8. The molecule has 40 nitrogen and oxygen atoms in total. The Morgan fingerprint density at radius 1 is 0.495 bits per heavy atom. The van der Waals surface area contributed by atoms with Gasteiger partial charge < -0.3 is 140 Å². The quantitative estimate of drug-likeness (QED) is 0.0153. The van der Waals surface area contributed by atoms with E-state index in [-0.39, 0.29) is 143 Å². The maximum Gasteiger partial charge on any atom is 0.386 e. The lowest BCUT2D eigenvalue weighted by atomic mass is 9.86. The summed E-state index contributed by atoms with van der Waals surface area (Å²) in [5.41, 5.74) is -0.380. The van der Waals surface area contributed by atoms with Crippen LogP contribution in [0, 0.1) is 5.92 Å². The van der Waals surface area contributed by atoms with E-state index < -0.39 is 215 Å². The molecule has 606 valence electrons. The minimum absolute atomic E-state index is 0.0450. The molecule has 18 unspecified atom stereocenters. The molecule has 5 rings (SSSR count). The third-order valence-corrected chi connectivity index (χ3v) is 22.6. The number of hydrogen-bond donors (Lipinski definition) is 19. The molecule has 8 amide bonds. The van der Waals surface area contributed by atoms with Crippen molar-refractivity contribution in [1.29, 1.82) is 0 Å². The van der Waals surface area contributed by atoms with E-state index in [2.05, 4.69) is 67.0 Å². The molecule has 1 saturated carbocycles. The molecule has 44 heteroatoms. The van der Waals surface area contributed by atoms with Crippen molar-refractivity contribution in [2.24, 2.45) is 5.92 Å². The molecule has 0 spiro atoms. The lowest BCUT2D eigenvalue weighted by Gasteiger charge is -2.42. The van der Waals surface area contributed by atoms with Crippen LogP contribution >= 0.6 is 37.9 Å². The van der Waals surface area contributed by atoms with E-state index in [9.17, 15) is 93.4 Å². The number of thiol groups is 2. The molecule has 4 aliphatic heterocycles. The molecule has 17 N–H and O–H groups in total. The fourth-order valence-electron chi connectivity index (χ4n) is 11.6. The molecule has 0 aromatic carbocycles. The normalized spacial score (nSPS) is 30.9. The summed E-state index contributed by atoms with van der Waals surface area (Å²) < 4.78 is 99.6. The molecular weight excluding hydrogens is 1480 g/mol. The number of carbonyl (C=O) groups is 8. The Morgan fingerprint density at radius 3 is 1.30 bits per heavy atom. The summed E-state index contributed by atoms with van der Waals surface area (Å²) in [6.07, 6.45) is -19.3. The van der Waals surface area contributed by atoms with Gasteiger partial charge in [-0.3, -0.25) is 52.0 Å². The van der Waals surface area contributed by atoms with Crippen molar-refractivity contribution in [3.8, 4) is 0 Å². The van der Waals surface area contributed by atoms with E-state index in [0.29, 0.717) is 6.42 Å². The van der Waals surface area contributed by atoms with Gasteiger partial charge in [0.25, 0.3) is 6.57 Å². The second-order valence-corrected chi connectivity index (χ2v) is 32.7. The Balaban J connectivity index is 1.20. The van der Waals surface area contributed by atoms with Crippen LogP contribution in [0.3, 0.4) is 0 Å². The lowest BCUT2D eigenvalue weighted by molar-refractivity contribution is -0.272. The average Bonchev–Trinajstić information content (AvgIpc) is 1.42. The highest BCUT2D eigenvalue weighted by Gasteiger charge is 2.49. The first-order valence-corrected chi connectivity index (χ1v) is 40.3. The van der Waals surface area contributed by atoms with Crippen LogP contribution in [0.25, 0.3) is 0 Å². The summed E-state index contributed by atoms with van der Waals surface area (Å²) in [5, 5.41) is 112. The fraction of sp³-hybridized carbons (Fsp3) is 0.869. The molecule has 0 radical (unpaired) electrons. The van der Waals surface area contributed by atoms with Crippen molar-refractivity contribution >= 4 is 85.1 Å². The molecule has 4 saturated heterocycles. The highest BCUT2D eigenvalue weighted by atomic mass is 32.7. The highest BCUT2D eigenvalue weighted by molar-refractivity contribution is 8.46. The van der Waals surface area contributed by atoms with Crippen molar-refractivity contribution in [1.82, 2.24) is 42.5 Å². The molecule has 0 bridgehead atoms. The van der Waals surface area contributed by atoms with E-state index in [1.807, 2.05) is 0 Å². The Kier molecular flexibility index (Phi) is 40.7. The number of nitrogens with one attached hydrogen (secondary N) is 8. The zero-order valence-corrected chi connectivity index (χ0v) is 62.9. The summed E-state index contributed by atoms with van der Waals surface area (Å²) in [5.74, 6) is -5.83. The van der Waals surface area contributed by atoms with Crippen LogP contribution in [-0.4, -0.2) is 333 Å². The molecule has 105 heavy (non-hydrogen) atoms. The maximum absolute atomic E-state index is 14.1. The standard InChI is InChI=1S/C61H108N8O32P2S2/c1-32(2)102(87,104)96-31-44-40(14-18-92-44)101-103(88,105)100-37-8-6-36(7-9-37)56(84)69-39(58(86)64-17-21-91-24-27-95-61-49(67-35(5)75)55(83)52(80)43(30-72)99-61)11-13-46(77)68-38(57(85)63-16-20-90-23-26-94-60-48(66-34(4)74)54(82)51(79)42(29-71)98-60)10-12-45(76)62-15-19-89-22-25-93-59-47(65-33(3)73)53(81)50(78)41(28-70)97-59/h32,36-44,47-55,59-61,70-72,78-83H,6-31H2,1-5H3,(H,62,76)(H,63,85)(H,64,86)(H,65,73)(H,66,74)(H,67,75)(H,68,77)(H,69,84)(H,87,104)(H,88,105)/t36-,37+,38-,39-,40-,41?,42?,43?,44?,47?,48?,49?,50?,51?,52?,53?,54?,55?,59?,60?,61?,102?,103?/m0/s1. The van der Waals surface area contributed by atoms with Crippen LogP contribution < -0.4 is 42.5 Å². The van der Waals surface area contributed by atoms with E-state index >= 15 is 0 Å². The van der Waals surface area contributed by atoms with Gasteiger partial charge in [0.2, 0.25) is 47.3 Å². The van der Waals surface area contributed by atoms with Crippen LogP contribution in [0.2, 0.25) is 0 Å². The molecule has 21 atom stereocenters. The minimum atomic E-state index is -4.05. The number of carbonyl (C=O) groups excluding carboxylic acids is 8. The summed E-state index contributed by atoms with van der Waals surface area (Å²) in [7, 11) is 0. The zero-order valence-electron chi connectivity index (χ0n) is 59.3. The fourth-order valence-corrected chi connectivity index (χ4v) is 14.4. The number of hydrogen-bond acceptors (Lipinski definition) is 32. The Labute approximate surface area is 618 Å². The van der Waals surface area contributed by atoms with Crippen molar-refractivity contribution in [2.45, 2.75) is 220 Å². The number of aliphatic hydroxyl groups excluding tert-OH is 9. The van der Waals surface area contributed by atoms with Gasteiger partial charge in [-0.2, -0.15) is 0 Å². The average molecular weight is 1590 g/mol. The van der Waals surface area contributed by atoms with Gasteiger partial charge in [0, 0.05) is 77.9 Å². The predicted octanol–water partition coefficient (Wildman–Crippen LogP) is -5.87. The Bertz CT molecular complexity index is 2820. The molecule has 0 aromatic heterocycles. The first-order chi connectivity index (χ1) is 49.8. The van der Waals surface area contributed by atoms with Crippen LogP contribution in [0.5, 0.6) is 0 Å². The summed E-state index contributed by atoms with van der Waals surface area (Å²) in [6, 6.07) is -6.37. The van der Waals surface area contributed by atoms with Crippen molar-refractivity contribution in [2.75, 3.05) is 112 Å². The van der Waals surface area contributed by atoms with Crippen LogP contribution in [0.4, 0.5) is 0 Å². The topological polar surface area (TPSA) is 569 Å². The van der Waals surface area contributed by atoms with Gasteiger partial charge in [-0.25, -0.2) is 4.57 Å². The van der Waals surface area contributed by atoms with Crippen molar-refractivity contribution in [3.05, 3.63) is 0 Å². The molecule has 5 aliphatic rings. The van der Waals surface area contributed by atoms with Crippen LogP contribution in [-0.2, 0) is 108 Å². The lowest BCUT2D eigenvalue weighted by Crippen LogP contribution is -2.64. The Morgan fingerprint density at radius 2 is 0.895 bits per heavy atom. The van der Waals surface area contributed by atoms with E-state index in [0.717, 1.165) is 0 Å². The molecule has 5 fully saturated rings. The van der Waals surface area contributed by atoms with E-state index in [4.69, 9.17) is 60.9 Å². The summed E-state index contributed by atoms with van der Waals surface area (Å²) >= 11 is 8.38. The largest absolute Gasteiger partial charge is 0.394 e. The van der Waals surface area contributed by atoms with Gasteiger partial charge in [0.05, 0.1) is 98.1 Å². The summed E-state index contributed by atoms with van der Waals surface area (Å²) in [4.78, 5) is 105. The van der Waals surface area contributed by atoms with Crippen molar-refractivity contribution in [3.63, 3.8) is 0 Å². The van der Waals surface area contributed by atoms with Gasteiger partial charge in [-0.15, -0.1) is 0 Å².